The predicted molar refractivity (Wildman–Crippen MR) is 93.0 cm³/mol. The third kappa shape index (κ3) is 3.30. The number of likely N-dealkylation sites (tertiary alicyclic amines) is 1. The Hall–Kier alpha value is -1.91. The van der Waals surface area contributed by atoms with E-state index in [9.17, 15) is 0 Å². The summed E-state index contributed by atoms with van der Waals surface area (Å²) < 4.78 is 12.2. The maximum atomic E-state index is 6.13. The van der Waals surface area contributed by atoms with Gasteiger partial charge < -0.3 is 9.47 Å². The van der Waals surface area contributed by atoms with Gasteiger partial charge in [0.25, 0.3) is 0 Å². The summed E-state index contributed by atoms with van der Waals surface area (Å²) in [7, 11) is 0. The van der Waals surface area contributed by atoms with E-state index in [4.69, 9.17) is 9.47 Å². The van der Waals surface area contributed by atoms with E-state index in [-0.39, 0.29) is 11.7 Å². The highest BCUT2D eigenvalue weighted by molar-refractivity contribution is 5.26. The molecular weight excluding hydrogens is 300 g/mol. The lowest BCUT2D eigenvalue weighted by atomic mass is 9.84. The van der Waals surface area contributed by atoms with Crippen LogP contribution in [0.1, 0.15) is 24.0 Å². The zero-order valence-electron chi connectivity index (χ0n) is 14.1. The maximum absolute atomic E-state index is 6.13. The normalized spacial score (nSPS) is 23.0. The fourth-order valence-electron chi connectivity index (χ4n) is 3.82. The van der Waals surface area contributed by atoms with Crippen LogP contribution in [0, 0.1) is 6.92 Å². The van der Waals surface area contributed by atoms with Crippen LogP contribution in [-0.4, -0.2) is 41.3 Å². The number of pyridine rings is 1. The average molecular weight is 324 g/mol. The van der Waals surface area contributed by atoms with Crippen LogP contribution in [-0.2, 0) is 11.3 Å². The van der Waals surface area contributed by atoms with Gasteiger partial charge in [-0.3, -0.25) is 9.88 Å². The summed E-state index contributed by atoms with van der Waals surface area (Å²) in [5, 5.41) is 0. The Morgan fingerprint density at radius 2 is 2.12 bits per heavy atom. The maximum Gasteiger partial charge on any atom is 0.138 e. The molecule has 1 aromatic heterocycles. The number of hydrogen-bond donors (Lipinski definition) is 0. The van der Waals surface area contributed by atoms with Crippen LogP contribution in [0.5, 0.6) is 5.75 Å². The Labute approximate surface area is 143 Å². The van der Waals surface area contributed by atoms with Crippen LogP contribution in [0.3, 0.4) is 0 Å². The Balaban J connectivity index is 1.33. The van der Waals surface area contributed by atoms with Crippen LogP contribution in [0.2, 0.25) is 0 Å². The summed E-state index contributed by atoms with van der Waals surface area (Å²) in [4.78, 5) is 6.59. The third-order valence-corrected chi connectivity index (χ3v) is 5.06. The number of aromatic nitrogens is 1. The molecule has 1 spiro atoms. The van der Waals surface area contributed by atoms with Crippen molar-refractivity contribution in [3.05, 3.63) is 59.9 Å². The molecule has 0 unspecified atom stereocenters. The first-order chi connectivity index (χ1) is 11.7. The van der Waals surface area contributed by atoms with Gasteiger partial charge in [-0.15, -0.1) is 0 Å². The molecule has 2 aromatic rings. The number of benzene rings is 1. The molecule has 1 atom stereocenters. The van der Waals surface area contributed by atoms with Gasteiger partial charge in [-0.05, 0) is 30.2 Å². The van der Waals surface area contributed by atoms with Crippen molar-refractivity contribution in [3.63, 3.8) is 0 Å². The van der Waals surface area contributed by atoms with Gasteiger partial charge in [0.05, 0.1) is 18.4 Å². The molecule has 0 bridgehead atoms. The highest BCUT2D eigenvalue weighted by Gasteiger charge is 2.48. The lowest BCUT2D eigenvalue weighted by molar-refractivity contribution is -0.188. The van der Waals surface area contributed by atoms with E-state index >= 15 is 0 Å². The lowest BCUT2D eigenvalue weighted by Gasteiger charge is -2.53. The van der Waals surface area contributed by atoms with E-state index in [0.717, 1.165) is 44.8 Å². The molecule has 0 saturated carbocycles. The molecule has 4 nitrogen and oxygen atoms in total. The van der Waals surface area contributed by atoms with Crippen LogP contribution >= 0.6 is 0 Å². The van der Waals surface area contributed by atoms with Crippen molar-refractivity contribution in [2.24, 2.45) is 0 Å². The second-order valence-corrected chi connectivity index (χ2v) is 7.02. The molecule has 24 heavy (non-hydrogen) atoms. The van der Waals surface area contributed by atoms with Crippen LogP contribution in [0.25, 0.3) is 0 Å². The molecular formula is C20H24N2O2. The molecule has 3 heterocycles. The third-order valence-electron chi connectivity index (χ3n) is 5.06. The minimum atomic E-state index is -0.0200. The van der Waals surface area contributed by atoms with Gasteiger partial charge in [0.15, 0.2) is 0 Å². The average Bonchev–Trinajstić information content (AvgIpc) is 2.57. The van der Waals surface area contributed by atoms with Crippen LogP contribution in [0.15, 0.2) is 48.8 Å². The van der Waals surface area contributed by atoms with Gasteiger partial charge in [0.2, 0.25) is 0 Å². The molecule has 0 radical (unpaired) electrons. The zero-order chi connectivity index (χ0) is 16.4. The van der Waals surface area contributed by atoms with Gasteiger partial charge in [-0.25, -0.2) is 0 Å². The summed E-state index contributed by atoms with van der Waals surface area (Å²) in [5.41, 5.74) is 2.75. The summed E-state index contributed by atoms with van der Waals surface area (Å²) in [6.07, 6.45) is 5.70. The SMILES string of the molecule is Cc1ccccc1CN1CC2(C[C@@H](Oc3cccnc3)CCO2)C1. The van der Waals surface area contributed by atoms with Crippen molar-refractivity contribution in [1.29, 1.82) is 0 Å². The van der Waals surface area contributed by atoms with Crippen molar-refractivity contribution < 1.29 is 9.47 Å². The first kappa shape index (κ1) is 15.6. The summed E-state index contributed by atoms with van der Waals surface area (Å²) >= 11 is 0. The topological polar surface area (TPSA) is 34.6 Å². The molecule has 2 saturated heterocycles. The fraction of sp³-hybridized carbons (Fsp3) is 0.450. The Morgan fingerprint density at radius 1 is 1.25 bits per heavy atom. The minimum Gasteiger partial charge on any atom is -0.489 e. The largest absolute Gasteiger partial charge is 0.489 e. The second-order valence-electron chi connectivity index (χ2n) is 7.02. The standard InChI is InChI=1S/C20H24N2O2/c1-16-5-2-3-6-17(16)13-22-14-20(15-22)11-18(8-10-23-20)24-19-7-4-9-21-12-19/h2-7,9,12,18H,8,10-11,13-15H2,1H3/t18-/m0/s1. The van der Waals surface area contributed by atoms with Crippen molar-refractivity contribution in [3.8, 4) is 5.75 Å². The lowest BCUT2D eigenvalue weighted by Crippen LogP contribution is -2.65. The molecule has 0 amide bonds. The monoisotopic (exact) mass is 324 g/mol. The summed E-state index contributed by atoms with van der Waals surface area (Å²) in [6.45, 7) is 5.96. The molecule has 4 rings (SSSR count). The number of nitrogens with zero attached hydrogens (tertiary/aromatic N) is 2. The van der Waals surface area contributed by atoms with Crippen molar-refractivity contribution in [2.45, 2.75) is 38.0 Å². The van der Waals surface area contributed by atoms with Gasteiger partial charge in [-0.2, -0.15) is 0 Å². The second kappa shape index (κ2) is 6.54. The van der Waals surface area contributed by atoms with E-state index in [1.54, 1.807) is 12.4 Å². The number of aryl methyl sites for hydroxylation is 1. The van der Waals surface area contributed by atoms with Crippen LogP contribution < -0.4 is 4.74 Å². The van der Waals surface area contributed by atoms with Gasteiger partial charge in [-0.1, -0.05) is 24.3 Å². The molecule has 2 aliphatic heterocycles. The smallest absolute Gasteiger partial charge is 0.138 e. The van der Waals surface area contributed by atoms with Crippen molar-refractivity contribution in [1.82, 2.24) is 9.88 Å². The highest BCUT2D eigenvalue weighted by Crippen LogP contribution is 2.36. The Morgan fingerprint density at radius 3 is 2.92 bits per heavy atom. The first-order valence-corrected chi connectivity index (χ1v) is 8.70. The molecule has 2 fully saturated rings. The fourth-order valence-corrected chi connectivity index (χ4v) is 3.82. The van der Waals surface area contributed by atoms with Gasteiger partial charge in [0, 0.05) is 38.7 Å². The van der Waals surface area contributed by atoms with Crippen molar-refractivity contribution in [2.75, 3.05) is 19.7 Å². The molecule has 126 valence electrons. The van der Waals surface area contributed by atoms with E-state index < -0.39 is 0 Å². The summed E-state index contributed by atoms with van der Waals surface area (Å²) in [5.74, 6) is 0.857. The van der Waals surface area contributed by atoms with Gasteiger partial charge in [0.1, 0.15) is 11.9 Å². The molecule has 4 heteroatoms. The number of ether oxygens (including phenoxy) is 2. The van der Waals surface area contributed by atoms with E-state index in [0.29, 0.717) is 0 Å². The molecule has 0 aliphatic carbocycles. The van der Waals surface area contributed by atoms with E-state index in [1.165, 1.54) is 11.1 Å². The Kier molecular flexibility index (Phi) is 4.25. The minimum absolute atomic E-state index is 0.0200. The van der Waals surface area contributed by atoms with E-state index in [1.807, 2.05) is 12.1 Å². The molecule has 0 N–H and O–H groups in total. The van der Waals surface area contributed by atoms with Crippen molar-refractivity contribution >= 4 is 0 Å². The first-order valence-electron chi connectivity index (χ1n) is 8.70. The van der Waals surface area contributed by atoms with Gasteiger partial charge >= 0.3 is 0 Å². The Bertz CT molecular complexity index is 683. The highest BCUT2D eigenvalue weighted by atomic mass is 16.5. The zero-order valence-corrected chi connectivity index (χ0v) is 14.1. The number of hydrogen-bond acceptors (Lipinski definition) is 4. The molecule has 1 aromatic carbocycles. The number of rotatable bonds is 4. The molecule has 2 aliphatic rings. The predicted octanol–water partition coefficient (Wildman–Crippen LogP) is 3.20. The summed E-state index contributed by atoms with van der Waals surface area (Å²) in [6, 6.07) is 12.5. The van der Waals surface area contributed by atoms with Crippen LogP contribution in [0.4, 0.5) is 0 Å². The quantitative estimate of drug-likeness (QED) is 0.865. The van der Waals surface area contributed by atoms with E-state index in [2.05, 4.69) is 41.1 Å².